The molecule has 194 valence electrons. The molecule has 0 saturated carbocycles. The number of nitrogens with one attached hydrogen (secondary N) is 2. The molecule has 3 aromatic carbocycles. The predicted octanol–water partition coefficient (Wildman–Crippen LogP) is 6.77. The van der Waals surface area contributed by atoms with Crippen LogP contribution in [0.25, 0.3) is 0 Å². The number of anilines is 2. The molecule has 0 atom stereocenters. The molecule has 3 aromatic rings. The normalized spacial score (nSPS) is 10.5. The molecule has 0 aliphatic rings. The van der Waals surface area contributed by atoms with Gasteiger partial charge in [-0.05, 0) is 105 Å². The van der Waals surface area contributed by atoms with Gasteiger partial charge in [0.2, 0.25) is 5.91 Å². The van der Waals surface area contributed by atoms with Gasteiger partial charge in [0.15, 0.2) is 6.61 Å². The molecule has 7 nitrogen and oxygen atoms in total. The first-order chi connectivity index (χ1) is 17.6. The smallest absolute Gasteiger partial charge is 0.306 e. The molecule has 2 N–H and O–H groups in total. The quantitative estimate of drug-likeness (QED) is 0.264. The van der Waals surface area contributed by atoms with Gasteiger partial charge in [-0.1, -0.05) is 22.0 Å². The number of aryl methyl sites for hydroxylation is 2. The van der Waals surface area contributed by atoms with Crippen molar-refractivity contribution in [2.45, 2.75) is 47.0 Å². The zero-order valence-corrected chi connectivity index (χ0v) is 23.0. The zero-order chi connectivity index (χ0) is 26.9. The molecule has 2 amide bonds. The minimum Gasteiger partial charge on any atom is -0.457 e. The van der Waals surface area contributed by atoms with E-state index in [1.165, 1.54) is 0 Å². The maximum absolute atomic E-state index is 12.2. The van der Waals surface area contributed by atoms with Crippen molar-refractivity contribution in [3.63, 3.8) is 0 Å². The van der Waals surface area contributed by atoms with E-state index in [9.17, 15) is 14.4 Å². The second-order valence-electron chi connectivity index (χ2n) is 8.91. The van der Waals surface area contributed by atoms with E-state index in [1.807, 2.05) is 45.9 Å². The molecular formula is C29H31BrN2O5. The largest absolute Gasteiger partial charge is 0.457 e. The van der Waals surface area contributed by atoms with E-state index < -0.39 is 11.9 Å². The van der Waals surface area contributed by atoms with Crippen LogP contribution in [0.2, 0.25) is 0 Å². The van der Waals surface area contributed by atoms with Crippen LogP contribution in [-0.4, -0.2) is 24.4 Å². The molecule has 0 bridgehead atoms. The van der Waals surface area contributed by atoms with Crippen LogP contribution in [0.5, 0.6) is 11.5 Å². The van der Waals surface area contributed by atoms with E-state index in [2.05, 4.69) is 32.6 Å². The van der Waals surface area contributed by atoms with E-state index in [4.69, 9.17) is 9.47 Å². The Hall–Kier alpha value is -3.65. The van der Waals surface area contributed by atoms with Crippen molar-refractivity contribution < 1.29 is 23.9 Å². The van der Waals surface area contributed by atoms with Gasteiger partial charge in [0.25, 0.3) is 5.91 Å². The Morgan fingerprint density at radius 1 is 0.757 bits per heavy atom. The van der Waals surface area contributed by atoms with Crippen LogP contribution in [0.3, 0.4) is 0 Å². The minimum absolute atomic E-state index is 0.0415. The summed E-state index contributed by atoms with van der Waals surface area (Å²) < 4.78 is 11.9. The van der Waals surface area contributed by atoms with Crippen LogP contribution in [0.1, 0.15) is 41.5 Å². The van der Waals surface area contributed by atoms with Gasteiger partial charge in [0, 0.05) is 28.7 Å². The van der Waals surface area contributed by atoms with Gasteiger partial charge in [-0.25, -0.2) is 0 Å². The van der Waals surface area contributed by atoms with Crippen molar-refractivity contribution in [1.82, 2.24) is 0 Å². The van der Waals surface area contributed by atoms with Crippen LogP contribution < -0.4 is 15.4 Å². The summed E-state index contributed by atoms with van der Waals surface area (Å²) in [7, 11) is 0. The van der Waals surface area contributed by atoms with E-state index in [1.54, 1.807) is 30.3 Å². The predicted molar refractivity (Wildman–Crippen MR) is 148 cm³/mol. The van der Waals surface area contributed by atoms with Crippen LogP contribution in [0.15, 0.2) is 59.1 Å². The Balaban J connectivity index is 1.36. The van der Waals surface area contributed by atoms with Crippen molar-refractivity contribution in [3.05, 3.63) is 81.3 Å². The molecule has 0 fully saturated rings. The average molecular weight is 567 g/mol. The number of rotatable bonds is 10. The van der Waals surface area contributed by atoms with E-state index in [0.717, 1.165) is 32.5 Å². The second-order valence-corrected chi connectivity index (χ2v) is 9.76. The van der Waals surface area contributed by atoms with E-state index >= 15 is 0 Å². The number of hydrogen-bond donors (Lipinski definition) is 2. The third-order valence-electron chi connectivity index (χ3n) is 5.71. The molecule has 0 saturated heterocycles. The lowest BCUT2D eigenvalue weighted by Gasteiger charge is -2.12. The Morgan fingerprint density at radius 3 is 2.11 bits per heavy atom. The maximum Gasteiger partial charge on any atom is 0.306 e. The van der Waals surface area contributed by atoms with Gasteiger partial charge >= 0.3 is 5.97 Å². The Morgan fingerprint density at radius 2 is 1.43 bits per heavy atom. The van der Waals surface area contributed by atoms with Crippen molar-refractivity contribution in [2.24, 2.45) is 0 Å². The number of esters is 1. The molecule has 0 aliphatic carbocycles. The summed E-state index contributed by atoms with van der Waals surface area (Å²) in [6.45, 7) is 7.50. The molecule has 0 aromatic heterocycles. The number of amides is 2. The van der Waals surface area contributed by atoms with Gasteiger partial charge in [-0.15, -0.1) is 0 Å². The standard InChI is InChI=1S/C29H31BrN2O5/c1-18-14-19(2)16-24(15-18)37-23-10-8-22(9-11-23)31-27(33)6-5-7-29(35)36-17-28(34)32-26-13-12-25(30)20(3)21(26)4/h8-16H,5-7,17H2,1-4H3,(H,31,33)(H,32,34). The van der Waals surface area contributed by atoms with E-state index in [0.29, 0.717) is 23.5 Å². The maximum atomic E-state index is 12.2. The molecule has 37 heavy (non-hydrogen) atoms. The SMILES string of the molecule is Cc1cc(C)cc(Oc2ccc(NC(=O)CCCC(=O)OCC(=O)Nc3ccc(Br)c(C)c3C)cc2)c1. The van der Waals surface area contributed by atoms with Gasteiger partial charge in [0.05, 0.1) is 0 Å². The van der Waals surface area contributed by atoms with Crippen LogP contribution in [-0.2, 0) is 19.1 Å². The fourth-order valence-corrected chi connectivity index (χ4v) is 4.11. The molecule has 0 unspecified atom stereocenters. The topological polar surface area (TPSA) is 93.7 Å². The summed E-state index contributed by atoms with van der Waals surface area (Å²) >= 11 is 3.45. The minimum atomic E-state index is -0.528. The van der Waals surface area contributed by atoms with E-state index in [-0.39, 0.29) is 25.4 Å². The van der Waals surface area contributed by atoms with Crippen LogP contribution in [0, 0.1) is 27.7 Å². The molecule has 3 rings (SSSR count). The van der Waals surface area contributed by atoms with Gasteiger partial charge < -0.3 is 20.1 Å². The van der Waals surface area contributed by atoms with Crippen molar-refractivity contribution in [3.8, 4) is 11.5 Å². The highest BCUT2D eigenvalue weighted by molar-refractivity contribution is 9.10. The molecule has 8 heteroatoms. The Kier molecular flexibility index (Phi) is 9.85. The highest BCUT2D eigenvalue weighted by atomic mass is 79.9. The molecule has 0 radical (unpaired) electrons. The summed E-state index contributed by atoms with van der Waals surface area (Å²) in [5.74, 6) is 0.271. The lowest BCUT2D eigenvalue weighted by atomic mass is 10.1. The number of halogens is 1. The summed E-state index contributed by atoms with van der Waals surface area (Å²) in [5, 5.41) is 5.55. The lowest BCUT2D eigenvalue weighted by molar-refractivity contribution is -0.147. The summed E-state index contributed by atoms with van der Waals surface area (Å²) in [6, 6.07) is 16.7. The molecule has 0 spiro atoms. The first-order valence-electron chi connectivity index (χ1n) is 12.0. The number of benzene rings is 3. The Bertz CT molecular complexity index is 1270. The fourth-order valence-electron chi connectivity index (χ4n) is 3.68. The third-order valence-corrected chi connectivity index (χ3v) is 6.57. The van der Waals surface area contributed by atoms with Crippen molar-refractivity contribution in [2.75, 3.05) is 17.2 Å². The monoisotopic (exact) mass is 566 g/mol. The first-order valence-corrected chi connectivity index (χ1v) is 12.8. The fraction of sp³-hybridized carbons (Fsp3) is 0.276. The van der Waals surface area contributed by atoms with Crippen LogP contribution in [0.4, 0.5) is 11.4 Å². The number of ether oxygens (including phenoxy) is 2. The van der Waals surface area contributed by atoms with Gasteiger partial charge in [-0.3, -0.25) is 14.4 Å². The average Bonchev–Trinajstić information content (AvgIpc) is 2.84. The molecule has 0 heterocycles. The number of carbonyl (C=O) groups is 3. The highest BCUT2D eigenvalue weighted by Crippen LogP contribution is 2.26. The second kappa shape index (κ2) is 13.1. The number of hydrogen-bond acceptors (Lipinski definition) is 5. The summed E-state index contributed by atoms with van der Waals surface area (Å²) in [4.78, 5) is 36.4. The number of carbonyl (C=O) groups excluding carboxylic acids is 3. The summed E-state index contributed by atoms with van der Waals surface area (Å²) in [6.07, 6.45) is 0.504. The van der Waals surface area contributed by atoms with Crippen molar-refractivity contribution in [1.29, 1.82) is 0 Å². The Labute approximate surface area is 225 Å². The zero-order valence-electron chi connectivity index (χ0n) is 21.4. The highest BCUT2D eigenvalue weighted by Gasteiger charge is 2.12. The summed E-state index contributed by atoms with van der Waals surface area (Å²) in [5.41, 5.74) is 5.51. The lowest BCUT2D eigenvalue weighted by Crippen LogP contribution is -2.21. The van der Waals surface area contributed by atoms with Gasteiger partial charge in [-0.2, -0.15) is 0 Å². The first kappa shape index (κ1) is 27.9. The molecular weight excluding hydrogens is 536 g/mol. The third kappa shape index (κ3) is 8.75. The van der Waals surface area contributed by atoms with Crippen molar-refractivity contribution >= 4 is 45.1 Å². The van der Waals surface area contributed by atoms with Crippen LogP contribution >= 0.6 is 15.9 Å². The van der Waals surface area contributed by atoms with Gasteiger partial charge in [0.1, 0.15) is 11.5 Å². The molecule has 0 aliphatic heterocycles.